The van der Waals surface area contributed by atoms with Gasteiger partial charge in [0.05, 0.1) is 0 Å². The van der Waals surface area contributed by atoms with Gasteiger partial charge in [-0.15, -0.1) is 0 Å². The fourth-order valence-electron chi connectivity index (χ4n) is 3.66. The zero-order valence-electron chi connectivity index (χ0n) is 20.6. The summed E-state index contributed by atoms with van der Waals surface area (Å²) in [6.07, 6.45) is 29.6. The highest BCUT2D eigenvalue weighted by Gasteiger charge is 1.96. The first-order valence-electron chi connectivity index (χ1n) is 13.3. The van der Waals surface area contributed by atoms with Crippen molar-refractivity contribution in [1.82, 2.24) is 0 Å². The van der Waals surface area contributed by atoms with Crippen molar-refractivity contribution in [2.45, 2.75) is 162 Å². The molecule has 0 aromatic heterocycles. The Morgan fingerprint density at radius 3 is 1.13 bits per heavy atom. The number of rotatable bonds is 23. The van der Waals surface area contributed by atoms with Crippen LogP contribution in [0.4, 0.5) is 0 Å². The Morgan fingerprint density at radius 1 is 0.533 bits per heavy atom. The summed E-state index contributed by atoms with van der Waals surface area (Å²) in [5.74, 6) is -0.657. The Kier molecular flexibility index (Phi) is 31.7. The topological polar surface area (TPSA) is 54.4 Å². The third-order valence-corrected chi connectivity index (χ3v) is 5.67. The van der Waals surface area contributed by atoms with E-state index in [1.807, 2.05) is 0 Å². The summed E-state index contributed by atoms with van der Waals surface area (Å²) in [6.45, 7) is 4.50. The molecule has 3 heteroatoms. The Labute approximate surface area is 188 Å². The predicted molar refractivity (Wildman–Crippen MR) is 131 cm³/mol. The van der Waals surface area contributed by atoms with Gasteiger partial charge in [-0.3, -0.25) is 4.79 Å². The van der Waals surface area contributed by atoms with Gasteiger partial charge in [0.2, 0.25) is 0 Å². The van der Waals surface area contributed by atoms with E-state index in [-0.39, 0.29) is 0 Å². The molecular formula is C27H54O3. The van der Waals surface area contributed by atoms with Crippen LogP contribution in [0.3, 0.4) is 0 Å². The largest absolute Gasteiger partial charge is 0.481 e. The molecule has 0 heterocycles. The van der Waals surface area contributed by atoms with Gasteiger partial charge in [-0.05, 0) is 12.8 Å². The lowest BCUT2D eigenvalue weighted by atomic mass is 10.1. The van der Waals surface area contributed by atoms with Crippen LogP contribution in [-0.2, 0) is 9.59 Å². The van der Waals surface area contributed by atoms with Crippen LogP contribution >= 0.6 is 0 Å². The molecule has 0 aliphatic carbocycles. The van der Waals surface area contributed by atoms with E-state index >= 15 is 0 Å². The van der Waals surface area contributed by atoms with Gasteiger partial charge in [-0.2, -0.15) is 0 Å². The van der Waals surface area contributed by atoms with Gasteiger partial charge in [0.25, 0.3) is 0 Å². The van der Waals surface area contributed by atoms with Crippen LogP contribution < -0.4 is 0 Å². The van der Waals surface area contributed by atoms with Gasteiger partial charge < -0.3 is 9.90 Å². The Hall–Kier alpha value is -0.860. The fraction of sp³-hybridized carbons (Fsp3) is 0.926. The normalized spacial score (nSPS) is 10.5. The molecule has 1 N–H and O–H groups in total. The molecule has 0 aliphatic rings. The van der Waals surface area contributed by atoms with Crippen LogP contribution in [0, 0.1) is 0 Å². The number of carboxylic acids is 1. The predicted octanol–water partition coefficient (Wildman–Crippen LogP) is 9.27. The molecular weight excluding hydrogens is 372 g/mol. The lowest BCUT2D eigenvalue weighted by Crippen LogP contribution is -1.93. The number of hydrogen-bond acceptors (Lipinski definition) is 2. The van der Waals surface area contributed by atoms with Crippen LogP contribution in [0.5, 0.6) is 0 Å². The van der Waals surface area contributed by atoms with Crippen molar-refractivity contribution >= 4 is 12.3 Å². The second-order valence-corrected chi connectivity index (χ2v) is 8.82. The average molecular weight is 427 g/mol. The molecule has 0 spiro atoms. The van der Waals surface area contributed by atoms with E-state index in [0.29, 0.717) is 6.42 Å². The summed E-state index contributed by atoms with van der Waals surface area (Å²) in [7, 11) is 0. The second-order valence-electron chi connectivity index (χ2n) is 8.82. The molecule has 180 valence electrons. The van der Waals surface area contributed by atoms with Gasteiger partial charge in [0.15, 0.2) is 0 Å². The number of aliphatic carboxylic acids is 1. The van der Waals surface area contributed by atoms with Crippen LogP contribution in [-0.4, -0.2) is 17.4 Å². The molecule has 0 saturated carbocycles. The van der Waals surface area contributed by atoms with E-state index in [1.54, 1.807) is 0 Å². The maximum Gasteiger partial charge on any atom is 0.303 e. The smallest absolute Gasteiger partial charge is 0.303 e. The van der Waals surface area contributed by atoms with Gasteiger partial charge in [-0.25, -0.2) is 0 Å². The number of carbonyl (C=O) groups is 2. The number of carboxylic acid groups (broad SMARTS) is 1. The number of carbonyl (C=O) groups excluding carboxylic acids is 1. The molecule has 0 aromatic carbocycles. The Balaban J connectivity index is 0. The molecule has 0 aromatic rings. The first-order valence-corrected chi connectivity index (χ1v) is 13.3. The van der Waals surface area contributed by atoms with Crippen molar-refractivity contribution in [1.29, 1.82) is 0 Å². The highest BCUT2D eigenvalue weighted by molar-refractivity contribution is 5.66. The molecule has 0 fully saturated rings. The van der Waals surface area contributed by atoms with Gasteiger partial charge >= 0.3 is 5.97 Å². The standard InChI is InChI=1S/C14H28O2.C13H26O/c1-2-3-4-5-6-7-8-9-10-11-12-13-14(15)16;1-2-3-4-5-6-7-8-9-10-11-12-13-14/h2-13H2,1H3,(H,15,16);13H,2-12H2,1H3. The molecule has 0 rings (SSSR count). The van der Waals surface area contributed by atoms with Crippen molar-refractivity contribution < 1.29 is 14.7 Å². The highest BCUT2D eigenvalue weighted by Crippen LogP contribution is 2.12. The lowest BCUT2D eigenvalue weighted by molar-refractivity contribution is -0.137. The van der Waals surface area contributed by atoms with Gasteiger partial charge in [0, 0.05) is 12.8 Å². The molecule has 0 amide bonds. The molecule has 0 aliphatic heterocycles. The fourth-order valence-corrected chi connectivity index (χ4v) is 3.66. The zero-order valence-corrected chi connectivity index (χ0v) is 20.6. The van der Waals surface area contributed by atoms with E-state index in [2.05, 4.69) is 13.8 Å². The van der Waals surface area contributed by atoms with E-state index in [0.717, 1.165) is 32.0 Å². The first kappa shape index (κ1) is 31.3. The number of hydrogen-bond donors (Lipinski definition) is 1. The van der Waals surface area contributed by atoms with Crippen molar-refractivity contribution in [2.24, 2.45) is 0 Å². The van der Waals surface area contributed by atoms with Crippen LogP contribution in [0.1, 0.15) is 162 Å². The highest BCUT2D eigenvalue weighted by atomic mass is 16.4. The maximum atomic E-state index is 10.3. The Morgan fingerprint density at radius 2 is 0.833 bits per heavy atom. The zero-order chi connectivity index (χ0) is 22.5. The summed E-state index contributed by atoms with van der Waals surface area (Å²) in [5.41, 5.74) is 0. The van der Waals surface area contributed by atoms with Crippen LogP contribution in [0.25, 0.3) is 0 Å². The van der Waals surface area contributed by atoms with Crippen molar-refractivity contribution in [2.75, 3.05) is 0 Å². The minimum Gasteiger partial charge on any atom is -0.481 e. The number of aldehydes is 1. The third kappa shape index (κ3) is 34.6. The molecule has 3 nitrogen and oxygen atoms in total. The molecule has 0 radical (unpaired) electrons. The molecule has 0 bridgehead atoms. The van der Waals surface area contributed by atoms with Gasteiger partial charge in [-0.1, -0.05) is 136 Å². The van der Waals surface area contributed by atoms with Crippen LogP contribution in [0.2, 0.25) is 0 Å². The summed E-state index contributed by atoms with van der Waals surface area (Å²) in [5, 5.41) is 8.46. The summed E-state index contributed by atoms with van der Waals surface area (Å²) in [6, 6.07) is 0. The van der Waals surface area contributed by atoms with Crippen molar-refractivity contribution in [3.05, 3.63) is 0 Å². The van der Waals surface area contributed by atoms with Crippen LogP contribution in [0.15, 0.2) is 0 Å². The minimum atomic E-state index is -0.657. The molecule has 30 heavy (non-hydrogen) atoms. The first-order chi connectivity index (χ1) is 14.7. The van der Waals surface area contributed by atoms with Crippen molar-refractivity contribution in [3.8, 4) is 0 Å². The lowest BCUT2D eigenvalue weighted by Gasteiger charge is -2.01. The maximum absolute atomic E-state index is 10.3. The average Bonchev–Trinajstić information content (AvgIpc) is 2.74. The minimum absolute atomic E-state index is 0.344. The third-order valence-electron chi connectivity index (χ3n) is 5.67. The summed E-state index contributed by atoms with van der Waals surface area (Å²) >= 11 is 0. The Bertz CT molecular complexity index is 328. The SMILES string of the molecule is CCCCCCCCCCCCC=O.CCCCCCCCCCCCCC(=O)O. The summed E-state index contributed by atoms with van der Waals surface area (Å²) < 4.78 is 0. The monoisotopic (exact) mass is 426 g/mol. The van der Waals surface area contributed by atoms with Gasteiger partial charge in [0.1, 0.15) is 6.29 Å². The van der Waals surface area contributed by atoms with E-state index < -0.39 is 5.97 Å². The number of unbranched alkanes of at least 4 members (excludes halogenated alkanes) is 20. The molecule has 0 saturated heterocycles. The second kappa shape index (κ2) is 30.3. The quantitative estimate of drug-likeness (QED) is 0.131. The van der Waals surface area contributed by atoms with E-state index in [9.17, 15) is 9.59 Å². The summed E-state index contributed by atoms with van der Waals surface area (Å²) in [4.78, 5) is 20.3. The molecule has 0 atom stereocenters. The molecule has 0 unspecified atom stereocenters. The van der Waals surface area contributed by atoms with E-state index in [1.165, 1.54) is 116 Å². The van der Waals surface area contributed by atoms with E-state index in [4.69, 9.17) is 5.11 Å². The van der Waals surface area contributed by atoms with Crippen molar-refractivity contribution in [3.63, 3.8) is 0 Å².